The van der Waals surface area contributed by atoms with E-state index in [1.165, 1.54) is 0 Å². The fourth-order valence-electron chi connectivity index (χ4n) is 1.99. The van der Waals surface area contributed by atoms with E-state index in [9.17, 15) is 14.4 Å². The van der Waals surface area contributed by atoms with Crippen LogP contribution >= 0.6 is 0 Å². The number of urea groups is 1. The Hall–Kier alpha value is -1.72. The van der Waals surface area contributed by atoms with Crippen molar-refractivity contribution in [1.82, 2.24) is 10.6 Å². The van der Waals surface area contributed by atoms with E-state index >= 15 is 0 Å². The zero-order valence-corrected chi connectivity index (χ0v) is 11.5. The van der Waals surface area contributed by atoms with E-state index in [1.54, 1.807) is 0 Å². The van der Waals surface area contributed by atoms with Gasteiger partial charge in [0.2, 0.25) is 11.8 Å². The molecule has 0 radical (unpaired) electrons. The van der Waals surface area contributed by atoms with E-state index in [0.717, 1.165) is 25.7 Å². The topological polar surface area (TPSA) is 87.6 Å². The van der Waals surface area contributed by atoms with Crippen LogP contribution in [-0.4, -0.2) is 30.1 Å². The van der Waals surface area contributed by atoms with Gasteiger partial charge in [-0.2, -0.15) is 0 Å². The van der Waals surface area contributed by atoms with Crippen molar-refractivity contribution >= 4 is 23.6 Å². The van der Waals surface area contributed by atoms with Gasteiger partial charge in [-0.1, -0.05) is 33.1 Å². The first kappa shape index (κ1) is 15.3. The van der Waals surface area contributed by atoms with Gasteiger partial charge in [0.05, 0.1) is 0 Å². The van der Waals surface area contributed by atoms with Gasteiger partial charge in [0, 0.05) is 12.3 Å². The minimum Gasteiger partial charge on any atom is -0.293 e. The number of aliphatic imine (C=N–C) groups is 1. The predicted molar refractivity (Wildman–Crippen MR) is 71.9 cm³/mol. The van der Waals surface area contributed by atoms with Gasteiger partial charge in [-0.05, 0) is 12.8 Å². The Morgan fingerprint density at radius 3 is 2.21 bits per heavy atom. The first-order valence-corrected chi connectivity index (χ1v) is 6.79. The van der Waals surface area contributed by atoms with Crippen molar-refractivity contribution in [1.29, 1.82) is 0 Å². The highest BCUT2D eigenvalue weighted by atomic mass is 16.2. The maximum absolute atomic E-state index is 11.7. The summed E-state index contributed by atoms with van der Waals surface area (Å²) in [7, 11) is 0. The van der Waals surface area contributed by atoms with E-state index < -0.39 is 23.8 Å². The van der Waals surface area contributed by atoms with Gasteiger partial charge in [0.15, 0.2) is 5.92 Å². The quantitative estimate of drug-likeness (QED) is 0.415. The Kier molecular flexibility index (Phi) is 6.18. The van der Waals surface area contributed by atoms with Gasteiger partial charge >= 0.3 is 6.03 Å². The molecule has 0 spiro atoms. The van der Waals surface area contributed by atoms with E-state index in [-0.39, 0.29) is 0 Å². The van der Waals surface area contributed by atoms with E-state index in [1.807, 2.05) is 6.92 Å². The number of nitrogens with zero attached hydrogens (tertiary/aromatic N) is 1. The summed E-state index contributed by atoms with van der Waals surface area (Å²) in [5.74, 6) is -2.13. The molecule has 1 fully saturated rings. The molecule has 6 nitrogen and oxygen atoms in total. The number of hydrogen-bond donors (Lipinski definition) is 2. The van der Waals surface area contributed by atoms with Crippen LogP contribution in [0.15, 0.2) is 4.99 Å². The molecule has 0 bridgehead atoms. The van der Waals surface area contributed by atoms with Gasteiger partial charge in [-0.25, -0.2) is 4.79 Å². The number of rotatable bonds is 7. The Morgan fingerprint density at radius 2 is 1.68 bits per heavy atom. The number of hydrogen-bond acceptors (Lipinski definition) is 4. The number of amides is 4. The van der Waals surface area contributed by atoms with Crippen LogP contribution in [0, 0.1) is 5.92 Å². The molecule has 0 aromatic heterocycles. The Labute approximate surface area is 113 Å². The average molecular weight is 267 g/mol. The van der Waals surface area contributed by atoms with Gasteiger partial charge < -0.3 is 0 Å². The maximum atomic E-state index is 11.7. The molecule has 4 amide bonds. The van der Waals surface area contributed by atoms with Crippen molar-refractivity contribution in [3.63, 3.8) is 0 Å². The minimum atomic E-state index is -0.964. The SMILES string of the molecule is CCCCCCN=C(CC)C1C(=O)NC(=O)NC1=O. The van der Waals surface area contributed by atoms with Gasteiger partial charge in [0.1, 0.15) is 0 Å². The third-order valence-electron chi connectivity index (χ3n) is 3.02. The second kappa shape index (κ2) is 7.66. The molecule has 1 rings (SSSR count). The summed E-state index contributed by atoms with van der Waals surface area (Å²) >= 11 is 0. The van der Waals surface area contributed by atoms with Crippen molar-refractivity contribution in [3.8, 4) is 0 Å². The number of nitrogens with one attached hydrogen (secondary N) is 2. The molecule has 6 heteroatoms. The van der Waals surface area contributed by atoms with Crippen LogP contribution in [0.25, 0.3) is 0 Å². The molecule has 0 aromatic carbocycles. The van der Waals surface area contributed by atoms with Crippen molar-refractivity contribution in [2.75, 3.05) is 6.54 Å². The Balaban J connectivity index is 2.62. The molecule has 1 aliphatic rings. The lowest BCUT2D eigenvalue weighted by atomic mass is 9.97. The summed E-state index contributed by atoms with van der Waals surface area (Å²) in [4.78, 5) is 38.7. The zero-order chi connectivity index (χ0) is 14.3. The summed E-state index contributed by atoms with van der Waals surface area (Å²) < 4.78 is 0. The van der Waals surface area contributed by atoms with E-state index in [4.69, 9.17) is 0 Å². The molecule has 0 aromatic rings. The fourth-order valence-corrected chi connectivity index (χ4v) is 1.99. The average Bonchev–Trinajstić information content (AvgIpc) is 2.35. The third-order valence-corrected chi connectivity index (χ3v) is 3.02. The van der Waals surface area contributed by atoms with Gasteiger partial charge in [0.25, 0.3) is 0 Å². The number of unbranched alkanes of at least 4 members (excludes halogenated alkanes) is 3. The zero-order valence-electron chi connectivity index (χ0n) is 11.5. The molecule has 19 heavy (non-hydrogen) atoms. The standard InChI is InChI=1S/C13H21N3O3/c1-3-5-6-7-8-14-9(4-2)10-11(17)15-13(19)16-12(10)18/h10H,3-8H2,1-2H3,(H2,15,16,17,18,19). The highest BCUT2D eigenvalue weighted by Gasteiger charge is 2.37. The summed E-state index contributed by atoms with van der Waals surface area (Å²) in [6.45, 7) is 4.60. The fraction of sp³-hybridized carbons (Fsp3) is 0.692. The van der Waals surface area contributed by atoms with Gasteiger partial charge in [-0.15, -0.1) is 0 Å². The number of imide groups is 2. The molecule has 0 unspecified atom stereocenters. The number of barbiturate groups is 1. The first-order chi connectivity index (χ1) is 9.10. The highest BCUT2D eigenvalue weighted by Crippen LogP contribution is 2.09. The van der Waals surface area contributed by atoms with Crippen LogP contribution in [0.3, 0.4) is 0 Å². The lowest BCUT2D eigenvalue weighted by molar-refractivity contribution is -0.132. The smallest absolute Gasteiger partial charge is 0.293 e. The van der Waals surface area contributed by atoms with Gasteiger partial charge in [-0.3, -0.25) is 25.2 Å². The van der Waals surface area contributed by atoms with E-state index in [2.05, 4.69) is 22.5 Å². The summed E-state index contributed by atoms with van der Waals surface area (Å²) in [6, 6.07) is -0.760. The van der Waals surface area contributed by atoms with Crippen LogP contribution in [0.5, 0.6) is 0 Å². The van der Waals surface area contributed by atoms with Crippen LogP contribution in [0.2, 0.25) is 0 Å². The molecule has 0 saturated carbocycles. The molecule has 106 valence electrons. The van der Waals surface area contributed by atoms with Crippen LogP contribution in [0.4, 0.5) is 4.79 Å². The van der Waals surface area contributed by atoms with Crippen LogP contribution < -0.4 is 10.6 Å². The molecule has 1 aliphatic heterocycles. The van der Waals surface area contributed by atoms with Crippen molar-refractivity contribution < 1.29 is 14.4 Å². The first-order valence-electron chi connectivity index (χ1n) is 6.79. The molecule has 0 aliphatic carbocycles. The maximum Gasteiger partial charge on any atom is 0.328 e. The predicted octanol–water partition coefficient (Wildman–Crippen LogP) is 1.40. The summed E-state index contributed by atoms with van der Waals surface area (Å²) in [5, 5.41) is 4.19. The van der Waals surface area contributed by atoms with Crippen molar-refractivity contribution in [3.05, 3.63) is 0 Å². The van der Waals surface area contributed by atoms with E-state index in [0.29, 0.717) is 18.7 Å². The van der Waals surface area contributed by atoms with Crippen LogP contribution in [0.1, 0.15) is 46.0 Å². The molecule has 0 atom stereocenters. The summed E-state index contributed by atoms with van der Waals surface area (Å²) in [6.07, 6.45) is 4.88. The number of carbonyl (C=O) groups excluding carboxylic acids is 3. The van der Waals surface area contributed by atoms with Crippen molar-refractivity contribution in [2.24, 2.45) is 10.9 Å². The lowest BCUT2D eigenvalue weighted by Crippen LogP contribution is -2.57. The molecule has 2 N–H and O–H groups in total. The highest BCUT2D eigenvalue weighted by molar-refractivity contribution is 6.27. The minimum absolute atomic E-state index is 0.521. The Morgan fingerprint density at radius 1 is 1.05 bits per heavy atom. The summed E-state index contributed by atoms with van der Waals surface area (Å²) in [5.41, 5.74) is 0.541. The largest absolute Gasteiger partial charge is 0.328 e. The second-order valence-corrected chi connectivity index (χ2v) is 4.53. The molecular formula is C13H21N3O3. The lowest BCUT2D eigenvalue weighted by Gasteiger charge is -2.21. The second-order valence-electron chi connectivity index (χ2n) is 4.53. The Bertz CT molecular complexity index is 371. The van der Waals surface area contributed by atoms with Crippen molar-refractivity contribution in [2.45, 2.75) is 46.0 Å². The molecule has 1 heterocycles. The molecule has 1 saturated heterocycles. The normalized spacial score (nSPS) is 17.4. The molecular weight excluding hydrogens is 246 g/mol. The van der Waals surface area contributed by atoms with Crippen LogP contribution in [-0.2, 0) is 9.59 Å². The monoisotopic (exact) mass is 267 g/mol. The number of carbonyl (C=O) groups is 3. The third kappa shape index (κ3) is 4.46.